The maximum Gasteiger partial charge on any atom is 0.0168 e. The van der Waals surface area contributed by atoms with E-state index < -0.39 is 0 Å². The van der Waals surface area contributed by atoms with Gasteiger partial charge in [0.2, 0.25) is 0 Å². The number of nitrogens with one attached hydrogen (secondary N) is 1. The molecule has 1 saturated heterocycles. The van der Waals surface area contributed by atoms with Crippen LogP contribution in [-0.2, 0) is 0 Å². The van der Waals surface area contributed by atoms with Crippen LogP contribution >= 0.6 is 0 Å². The van der Waals surface area contributed by atoms with E-state index in [4.69, 9.17) is 0 Å². The Morgan fingerprint density at radius 3 is 2.71 bits per heavy atom. The van der Waals surface area contributed by atoms with Gasteiger partial charge in [0.15, 0.2) is 0 Å². The maximum absolute atomic E-state index is 3.57. The second-order valence-corrected chi connectivity index (χ2v) is 5.33. The first kappa shape index (κ1) is 12.0. The number of hydrogen-bond donors (Lipinski definition) is 1. The predicted octanol–water partition coefficient (Wildman–Crippen LogP) is 2.25. The normalized spacial score (nSPS) is 31.1. The van der Waals surface area contributed by atoms with E-state index in [1.165, 1.54) is 19.4 Å². The molecule has 0 radical (unpaired) electrons. The second kappa shape index (κ2) is 4.63. The quantitative estimate of drug-likeness (QED) is 0.732. The lowest BCUT2D eigenvalue weighted by Crippen LogP contribution is -2.50. The molecule has 1 N–H and O–H groups in total. The Kier molecular flexibility index (Phi) is 3.96. The second-order valence-electron chi connectivity index (χ2n) is 5.33. The molecule has 1 fully saturated rings. The molecule has 0 aromatic carbocycles. The first-order valence-electron chi connectivity index (χ1n) is 5.97. The SMILES string of the molecule is CCC(C)N1CC(C)NCCC1(C)C. The molecular formula is C12H26N2. The summed E-state index contributed by atoms with van der Waals surface area (Å²) in [6.07, 6.45) is 2.50. The molecule has 1 aliphatic rings. The van der Waals surface area contributed by atoms with Crippen LogP contribution in [0.3, 0.4) is 0 Å². The fourth-order valence-electron chi connectivity index (χ4n) is 2.37. The van der Waals surface area contributed by atoms with Crippen LogP contribution in [0.25, 0.3) is 0 Å². The van der Waals surface area contributed by atoms with Crippen LogP contribution in [0.2, 0.25) is 0 Å². The zero-order valence-electron chi connectivity index (χ0n) is 10.4. The van der Waals surface area contributed by atoms with Gasteiger partial charge < -0.3 is 5.32 Å². The van der Waals surface area contributed by atoms with E-state index in [0.29, 0.717) is 17.6 Å². The average Bonchev–Trinajstić information content (AvgIpc) is 2.24. The molecule has 0 bridgehead atoms. The van der Waals surface area contributed by atoms with Crippen molar-refractivity contribution in [2.24, 2.45) is 0 Å². The highest BCUT2D eigenvalue weighted by atomic mass is 15.2. The molecule has 2 heteroatoms. The van der Waals surface area contributed by atoms with Gasteiger partial charge in [0.1, 0.15) is 0 Å². The molecule has 84 valence electrons. The van der Waals surface area contributed by atoms with Gasteiger partial charge in [0.25, 0.3) is 0 Å². The zero-order chi connectivity index (χ0) is 10.8. The van der Waals surface area contributed by atoms with Gasteiger partial charge in [0, 0.05) is 24.2 Å². The summed E-state index contributed by atoms with van der Waals surface area (Å²) >= 11 is 0. The minimum absolute atomic E-state index is 0.354. The highest BCUT2D eigenvalue weighted by Crippen LogP contribution is 2.24. The van der Waals surface area contributed by atoms with Gasteiger partial charge in [-0.2, -0.15) is 0 Å². The van der Waals surface area contributed by atoms with Crippen molar-refractivity contribution in [3.05, 3.63) is 0 Å². The Bertz CT molecular complexity index is 177. The minimum Gasteiger partial charge on any atom is -0.313 e. The summed E-state index contributed by atoms with van der Waals surface area (Å²) in [5, 5.41) is 3.57. The van der Waals surface area contributed by atoms with Crippen molar-refractivity contribution in [3.63, 3.8) is 0 Å². The maximum atomic E-state index is 3.57. The van der Waals surface area contributed by atoms with E-state index in [-0.39, 0.29) is 0 Å². The van der Waals surface area contributed by atoms with Gasteiger partial charge in [-0.15, -0.1) is 0 Å². The van der Waals surface area contributed by atoms with Crippen molar-refractivity contribution in [2.75, 3.05) is 13.1 Å². The summed E-state index contributed by atoms with van der Waals surface area (Å²) in [7, 11) is 0. The Labute approximate surface area is 89.1 Å². The Hall–Kier alpha value is -0.0800. The van der Waals surface area contributed by atoms with Gasteiger partial charge in [0.05, 0.1) is 0 Å². The molecule has 1 heterocycles. The highest BCUT2D eigenvalue weighted by molar-refractivity contribution is 4.90. The van der Waals surface area contributed by atoms with Crippen LogP contribution in [0.1, 0.15) is 47.5 Å². The molecule has 0 spiro atoms. The van der Waals surface area contributed by atoms with Crippen LogP contribution in [0.5, 0.6) is 0 Å². The van der Waals surface area contributed by atoms with Gasteiger partial charge in [-0.05, 0) is 47.1 Å². The van der Waals surface area contributed by atoms with E-state index in [9.17, 15) is 0 Å². The van der Waals surface area contributed by atoms with Gasteiger partial charge in [-0.3, -0.25) is 4.90 Å². The number of hydrogen-bond acceptors (Lipinski definition) is 2. The van der Waals surface area contributed by atoms with Crippen molar-refractivity contribution in [1.29, 1.82) is 0 Å². The first-order valence-corrected chi connectivity index (χ1v) is 5.97. The fourth-order valence-corrected chi connectivity index (χ4v) is 2.37. The molecule has 0 aromatic heterocycles. The van der Waals surface area contributed by atoms with Crippen molar-refractivity contribution in [1.82, 2.24) is 10.2 Å². The Morgan fingerprint density at radius 2 is 2.14 bits per heavy atom. The molecule has 0 amide bonds. The van der Waals surface area contributed by atoms with Crippen LogP contribution in [0, 0.1) is 0 Å². The standard InChI is InChI=1S/C12H26N2/c1-6-11(3)14-9-10(2)13-8-7-12(14,4)5/h10-11,13H,6-9H2,1-5H3. The summed E-state index contributed by atoms with van der Waals surface area (Å²) < 4.78 is 0. The summed E-state index contributed by atoms with van der Waals surface area (Å²) in [6.45, 7) is 14.0. The topological polar surface area (TPSA) is 15.3 Å². The molecule has 2 nitrogen and oxygen atoms in total. The zero-order valence-corrected chi connectivity index (χ0v) is 10.4. The lowest BCUT2D eigenvalue weighted by molar-refractivity contribution is 0.0753. The Balaban J connectivity index is 2.73. The molecule has 1 aliphatic heterocycles. The van der Waals surface area contributed by atoms with Crippen molar-refractivity contribution < 1.29 is 0 Å². The van der Waals surface area contributed by atoms with E-state index in [1.807, 2.05) is 0 Å². The molecule has 2 atom stereocenters. The van der Waals surface area contributed by atoms with Gasteiger partial charge >= 0.3 is 0 Å². The minimum atomic E-state index is 0.354. The summed E-state index contributed by atoms with van der Waals surface area (Å²) in [6, 6.07) is 1.33. The van der Waals surface area contributed by atoms with Crippen molar-refractivity contribution >= 4 is 0 Å². The van der Waals surface area contributed by atoms with Crippen molar-refractivity contribution in [2.45, 2.75) is 65.1 Å². The van der Waals surface area contributed by atoms with Crippen molar-refractivity contribution in [3.8, 4) is 0 Å². The number of rotatable bonds is 2. The van der Waals surface area contributed by atoms with Crippen LogP contribution < -0.4 is 5.32 Å². The lowest BCUT2D eigenvalue weighted by atomic mass is 9.96. The molecule has 0 aliphatic carbocycles. The van der Waals surface area contributed by atoms with E-state index in [0.717, 1.165) is 6.54 Å². The highest BCUT2D eigenvalue weighted by Gasteiger charge is 2.32. The van der Waals surface area contributed by atoms with E-state index in [1.54, 1.807) is 0 Å². The molecular weight excluding hydrogens is 172 g/mol. The van der Waals surface area contributed by atoms with E-state index >= 15 is 0 Å². The smallest absolute Gasteiger partial charge is 0.0168 e. The molecule has 0 aromatic rings. The molecule has 1 rings (SSSR count). The summed E-state index contributed by atoms with van der Waals surface area (Å²) in [5.41, 5.74) is 0.354. The van der Waals surface area contributed by atoms with E-state index in [2.05, 4.69) is 44.8 Å². The molecule has 0 saturated carbocycles. The monoisotopic (exact) mass is 198 g/mol. The molecule has 2 unspecified atom stereocenters. The summed E-state index contributed by atoms with van der Waals surface area (Å²) in [4.78, 5) is 2.66. The van der Waals surface area contributed by atoms with Gasteiger partial charge in [-0.25, -0.2) is 0 Å². The van der Waals surface area contributed by atoms with Crippen LogP contribution in [-0.4, -0.2) is 35.6 Å². The first-order chi connectivity index (χ1) is 6.47. The lowest BCUT2D eigenvalue weighted by Gasteiger charge is -2.41. The third-order valence-electron chi connectivity index (χ3n) is 3.60. The predicted molar refractivity (Wildman–Crippen MR) is 62.6 cm³/mol. The number of nitrogens with zero attached hydrogens (tertiary/aromatic N) is 1. The molecule has 14 heavy (non-hydrogen) atoms. The van der Waals surface area contributed by atoms with Crippen LogP contribution in [0.15, 0.2) is 0 Å². The van der Waals surface area contributed by atoms with Crippen LogP contribution in [0.4, 0.5) is 0 Å². The Morgan fingerprint density at radius 1 is 1.50 bits per heavy atom. The third-order valence-corrected chi connectivity index (χ3v) is 3.60. The average molecular weight is 198 g/mol. The largest absolute Gasteiger partial charge is 0.313 e. The fraction of sp³-hybridized carbons (Fsp3) is 1.00. The summed E-state index contributed by atoms with van der Waals surface area (Å²) in [5.74, 6) is 0. The van der Waals surface area contributed by atoms with Gasteiger partial charge in [-0.1, -0.05) is 6.92 Å². The third kappa shape index (κ3) is 2.71.